The van der Waals surface area contributed by atoms with Gasteiger partial charge in [0.05, 0.1) is 6.54 Å². The molecule has 1 N–H and O–H groups in total. The maximum Gasteiger partial charge on any atom is 0.331 e. The van der Waals surface area contributed by atoms with Crippen molar-refractivity contribution < 1.29 is 19.1 Å². The van der Waals surface area contributed by atoms with Gasteiger partial charge in [0.2, 0.25) is 0 Å². The Morgan fingerprint density at radius 1 is 1.08 bits per heavy atom. The number of aryl methyl sites for hydroxylation is 1. The van der Waals surface area contributed by atoms with E-state index in [0.717, 1.165) is 16.9 Å². The highest BCUT2D eigenvalue weighted by Crippen LogP contribution is 2.07. The molecule has 130 valence electrons. The van der Waals surface area contributed by atoms with Crippen LogP contribution in [0, 0.1) is 6.92 Å². The molecule has 25 heavy (non-hydrogen) atoms. The molecule has 0 heterocycles. The first-order chi connectivity index (χ1) is 12.1. The van der Waals surface area contributed by atoms with Crippen molar-refractivity contribution in [2.24, 2.45) is 0 Å². The first-order valence-corrected chi connectivity index (χ1v) is 7.99. The Kier molecular flexibility index (Phi) is 7.25. The number of hydrogen-bond donors (Lipinski definition) is 1. The summed E-state index contributed by atoms with van der Waals surface area (Å²) in [4.78, 5) is 23.2. The van der Waals surface area contributed by atoms with Crippen molar-refractivity contribution in [3.8, 4) is 5.75 Å². The minimum Gasteiger partial charge on any atom is -0.492 e. The summed E-state index contributed by atoms with van der Waals surface area (Å²) in [5.74, 6) is -0.185. The number of carbonyl (C=O) groups excluding carboxylic acids is 2. The van der Waals surface area contributed by atoms with Gasteiger partial charge in [-0.15, -0.1) is 0 Å². The van der Waals surface area contributed by atoms with Gasteiger partial charge in [-0.2, -0.15) is 0 Å². The molecule has 0 aliphatic carbocycles. The molecule has 1 amide bonds. The second-order valence-electron chi connectivity index (χ2n) is 5.37. The van der Waals surface area contributed by atoms with Crippen LogP contribution in [0.2, 0.25) is 0 Å². The average Bonchev–Trinajstić information content (AvgIpc) is 2.63. The fraction of sp³-hybridized carbons (Fsp3) is 0.200. The predicted molar refractivity (Wildman–Crippen MR) is 96.1 cm³/mol. The Morgan fingerprint density at radius 2 is 1.88 bits per heavy atom. The Morgan fingerprint density at radius 3 is 2.64 bits per heavy atom. The first kappa shape index (κ1) is 18.3. The molecule has 0 aromatic heterocycles. The third-order valence-electron chi connectivity index (χ3n) is 3.24. The second-order valence-corrected chi connectivity index (χ2v) is 5.37. The van der Waals surface area contributed by atoms with E-state index in [1.54, 1.807) is 6.08 Å². The van der Waals surface area contributed by atoms with E-state index in [1.165, 1.54) is 6.08 Å². The van der Waals surface area contributed by atoms with Crippen LogP contribution in [0.15, 0.2) is 60.7 Å². The summed E-state index contributed by atoms with van der Waals surface area (Å²) in [5.41, 5.74) is 2.01. The molecule has 0 aliphatic rings. The summed E-state index contributed by atoms with van der Waals surface area (Å²) in [7, 11) is 0. The van der Waals surface area contributed by atoms with Crippen molar-refractivity contribution in [1.29, 1.82) is 0 Å². The normalized spacial score (nSPS) is 10.4. The fourth-order valence-corrected chi connectivity index (χ4v) is 2.05. The van der Waals surface area contributed by atoms with Crippen LogP contribution in [0.5, 0.6) is 5.75 Å². The molecule has 0 saturated carbocycles. The Hall–Kier alpha value is -3.08. The molecule has 0 aliphatic heterocycles. The number of benzene rings is 2. The summed E-state index contributed by atoms with van der Waals surface area (Å²) >= 11 is 0. The van der Waals surface area contributed by atoms with E-state index < -0.39 is 5.97 Å². The highest BCUT2D eigenvalue weighted by Gasteiger charge is 2.04. The second kappa shape index (κ2) is 9.93. The largest absolute Gasteiger partial charge is 0.492 e. The van der Waals surface area contributed by atoms with Crippen LogP contribution in [-0.2, 0) is 14.3 Å². The SMILES string of the molecule is Cc1cccc(/C=C/C(=O)OCC(=O)NCCOc2ccccc2)c1. The van der Waals surface area contributed by atoms with Crippen LogP contribution in [0.1, 0.15) is 11.1 Å². The number of carbonyl (C=O) groups is 2. The van der Waals surface area contributed by atoms with Crippen LogP contribution < -0.4 is 10.1 Å². The number of amides is 1. The highest BCUT2D eigenvalue weighted by atomic mass is 16.5. The quantitative estimate of drug-likeness (QED) is 0.456. The van der Waals surface area contributed by atoms with E-state index in [0.29, 0.717) is 13.2 Å². The van der Waals surface area contributed by atoms with E-state index in [2.05, 4.69) is 5.32 Å². The van der Waals surface area contributed by atoms with Crippen LogP contribution in [0.3, 0.4) is 0 Å². The van der Waals surface area contributed by atoms with Crippen molar-refractivity contribution in [1.82, 2.24) is 5.32 Å². The zero-order chi connectivity index (χ0) is 17.9. The minimum atomic E-state index is -0.558. The molecule has 0 radical (unpaired) electrons. The molecule has 0 unspecified atom stereocenters. The van der Waals surface area contributed by atoms with Crippen molar-refractivity contribution in [3.05, 3.63) is 71.8 Å². The lowest BCUT2D eigenvalue weighted by Crippen LogP contribution is -2.31. The van der Waals surface area contributed by atoms with Gasteiger partial charge in [-0.3, -0.25) is 4.79 Å². The van der Waals surface area contributed by atoms with Crippen LogP contribution >= 0.6 is 0 Å². The molecular formula is C20H21NO4. The van der Waals surface area contributed by atoms with Gasteiger partial charge in [-0.05, 0) is 30.7 Å². The summed E-state index contributed by atoms with van der Waals surface area (Å²) in [6.45, 7) is 2.34. The maximum atomic E-state index is 11.6. The van der Waals surface area contributed by atoms with Gasteiger partial charge in [0.1, 0.15) is 12.4 Å². The smallest absolute Gasteiger partial charge is 0.331 e. The zero-order valence-corrected chi connectivity index (χ0v) is 14.1. The molecule has 0 bridgehead atoms. The number of esters is 1. The summed E-state index contributed by atoms with van der Waals surface area (Å²) in [6, 6.07) is 17.0. The van der Waals surface area contributed by atoms with Gasteiger partial charge in [0, 0.05) is 6.08 Å². The standard InChI is InChI=1S/C20H21NO4/c1-16-6-5-7-17(14-16)10-11-20(23)25-15-19(22)21-12-13-24-18-8-3-2-4-9-18/h2-11,14H,12-13,15H2,1H3,(H,21,22)/b11-10+. The van der Waals surface area contributed by atoms with Crippen LogP contribution in [0.4, 0.5) is 0 Å². The lowest BCUT2D eigenvalue weighted by Gasteiger charge is -2.07. The van der Waals surface area contributed by atoms with E-state index in [1.807, 2.05) is 61.5 Å². The van der Waals surface area contributed by atoms with E-state index in [9.17, 15) is 9.59 Å². The van der Waals surface area contributed by atoms with E-state index >= 15 is 0 Å². The Labute approximate surface area is 147 Å². The van der Waals surface area contributed by atoms with Gasteiger partial charge in [0.25, 0.3) is 5.91 Å². The number of rotatable bonds is 8. The molecule has 5 heteroatoms. The van der Waals surface area contributed by atoms with E-state index in [-0.39, 0.29) is 12.5 Å². The van der Waals surface area contributed by atoms with Gasteiger partial charge < -0.3 is 14.8 Å². The third kappa shape index (κ3) is 7.35. The monoisotopic (exact) mass is 339 g/mol. The topological polar surface area (TPSA) is 64.6 Å². The minimum absolute atomic E-state index is 0.317. The summed E-state index contributed by atoms with van der Waals surface area (Å²) in [6.07, 6.45) is 2.96. The molecule has 0 atom stereocenters. The molecule has 0 fully saturated rings. The number of para-hydroxylation sites is 1. The number of ether oxygens (including phenoxy) is 2. The molecule has 0 spiro atoms. The van der Waals surface area contributed by atoms with E-state index in [4.69, 9.17) is 9.47 Å². The zero-order valence-electron chi connectivity index (χ0n) is 14.1. The van der Waals surface area contributed by atoms with Crippen LogP contribution in [-0.4, -0.2) is 31.6 Å². The average molecular weight is 339 g/mol. The number of hydrogen-bond acceptors (Lipinski definition) is 4. The Balaban J connectivity index is 1.61. The van der Waals surface area contributed by atoms with Crippen molar-refractivity contribution >= 4 is 18.0 Å². The molecule has 5 nitrogen and oxygen atoms in total. The molecule has 2 aromatic carbocycles. The molecular weight excluding hydrogens is 318 g/mol. The van der Waals surface area contributed by atoms with Gasteiger partial charge >= 0.3 is 5.97 Å². The maximum absolute atomic E-state index is 11.6. The molecule has 2 aromatic rings. The summed E-state index contributed by atoms with van der Waals surface area (Å²) < 4.78 is 10.3. The third-order valence-corrected chi connectivity index (χ3v) is 3.24. The van der Waals surface area contributed by atoms with Gasteiger partial charge in [-0.1, -0.05) is 48.0 Å². The lowest BCUT2D eigenvalue weighted by molar-refractivity contribution is -0.143. The van der Waals surface area contributed by atoms with Crippen molar-refractivity contribution in [2.45, 2.75) is 6.92 Å². The van der Waals surface area contributed by atoms with Gasteiger partial charge in [0.15, 0.2) is 6.61 Å². The lowest BCUT2D eigenvalue weighted by atomic mass is 10.1. The van der Waals surface area contributed by atoms with Gasteiger partial charge in [-0.25, -0.2) is 4.79 Å². The predicted octanol–water partition coefficient (Wildman–Crippen LogP) is 2.75. The van der Waals surface area contributed by atoms with Crippen molar-refractivity contribution in [3.63, 3.8) is 0 Å². The molecule has 0 saturated heterocycles. The van der Waals surface area contributed by atoms with Crippen LogP contribution in [0.25, 0.3) is 6.08 Å². The first-order valence-electron chi connectivity index (χ1n) is 7.99. The number of nitrogens with one attached hydrogen (secondary N) is 1. The fourth-order valence-electron chi connectivity index (χ4n) is 2.05. The van der Waals surface area contributed by atoms with Crippen molar-refractivity contribution in [2.75, 3.05) is 19.8 Å². The summed E-state index contributed by atoms with van der Waals surface area (Å²) in [5, 5.41) is 2.62. The molecule has 2 rings (SSSR count). The Bertz CT molecular complexity index is 725. The highest BCUT2D eigenvalue weighted by molar-refractivity contribution is 5.89.